The van der Waals surface area contributed by atoms with Crippen LogP contribution in [0.5, 0.6) is 0 Å². The van der Waals surface area contributed by atoms with Gasteiger partial charge in [-0.3, -0.25) is 4.98 Å². The molecule has 0 bridgehead atoms. The smallest absolute Gasteiger partial charge is 0.187 e. The molecule has 0 amide bonds. The molecule has 0 radical (unpaired) electrons. The van der Waals surface area contributed by atoms with Gasteiger partial charge in [0.2, 0.25) is 0 Å². The van der Waals surface area contributed by atoms with Gasteiger partial charge in [0.15, 0.2) is 15.6 Å². The molecule has 4 aromatic rings. The molecule has 4 rings (SSSR count). The largest absolute Gasteiger partial charge is 0.354 e. The SMILES string of the molecule is CNCc1ccc(-c2cc(-c3nc(-c4ccc(S(=O)(=O)C(C)C)cc4)cnc3C)on2)c(C)c1.[HH]. The zero-order valence-corrected chi connectivity index (χ0v) is 20.8. The second-order valence-corrected chi connectivity index (χ2v) is 11.1. The summed E-state index contributed by atoms with van der Waals surface area (Å²) in [6.45, 7) is 8.06. The van der Waals surface area contributed by atoms with E-state index in [1.807, 2.05) is 26.1 Å². The van der Waals surface area contributed by atoms with Crippen LogP contribution in [0.3, 0.4) is 0 Å². The Labute approximate surface area is 201 Å². The summed E-state index contributed by atoms with van der Waals surface area (Å²) in [4.78, 5) is 9.54. The molecule has 2 aromatic carbocycles. The average Bonchev–Trinajstić information content (AvgIpc) is 3.29. The molecule has 8 heteroatoms. The van der Waals surface area contributed by atoms with E-state index in [1.165, 1.54) is 5.56 Å². The van der Waals surface area contributed by atoms with E-state index in [0.29, 0.717) is 27.7 Å². The van der Waals surface area contributed by atoms with Crippen molar-refractivity contribution in [3.63, 3.8) is 0 Å². The number of nitrogens with zero attached hydrogens (tertiary/aromatic N) is 3. The highest BCUT2D eigenvalue weighted by Gasteiger charge is 2.20. The van der Waals surface area contributed by atoms with Gasteiger partial charge in [-0.2, -0.15) is 0 Å². The van der Waals surface area contributed by atoms with E-state index < -0.39 is 15.1 Å². The summed E-state index contributed by atoms with van der Waals surface area (Å²) in [6.07, 6.45) is 1.67. The van der Waals surface area contributed by atoms with Gasteiger partial charge >= 0.3 is 0 Å². The molecule has 0 aliphatic heterocycles. The summed E-state index contributed by atoms with van der Waals surface area (Å²) < 4.78 is 30.5. The highest BCUT2D eigenvalue weighted by atomic mass is 32.2. The van der Waals surface area contributed by atoms with E-state index in [4.69, 9.17) is 9.51 Å². The Morgan fingerprint density at radius 3 is 2.41 bits per heavy atom. The van der Waals surface area contributed by atoms with Crippen molar-refractivity contribution in [2.24, 2.45) is 0 Å². The number of nitrogens with one attached hydrogen (secondary N) is 1. The van der Waals surface area contributed by atoms with Gasteiger partial charge in [0.05, 0.1) is 27.7 Å². The fraction of sp³-hybridized carbons (Fsp3) is 0.269. The summed E-state index contributed by atoms with van der Waals surface area (Å²) in [5.74, 6) is 0.527. The topological polar surface area (TPSA) is 98.0 Å². The lowest BCUT2D eigenvalue weighted by molar-refractivity contribution is 0.433. The van der Waals surface area contributed by atoms with E-state index in [1.54, 1.807) is 44.3 Å². The Kier molecular flexibility index (Phi) is 6.63. The molecule has 0 spiro atoms. The minimum absolute atomic E-state index is 0. The molecule has 34 heavy (non-hydrogen) atoms. The molecule has 0 atom stereocenters. The van der Waals surface area contributed by atoms with Gasteiger partial charge in [-0.25, -0.2) is 13.4 Å². The fourth-order valence-electron chi connectivity index (χ4n) is 3.75. The standard InChI is InChI=1S/C26H28N4O3S.H2/c1-16(2)34(31,32)21-9-7-20(8-10-21)24-15-28-18(4)26(29-24)25-13-23(30-33-25)22-11-6-19(14-27-5)12-17(22)3;/h6-13,15-16,27H,14H2,1-5H3;1H. The number of hydrogen-bond acceptors (Lipinski definition) is 7. The van der Waals surface area contributed by atoms with E-state index in [0.717, 1.165) is 28.9 Å². The van der Waals surface area contributed by atoms with Gasteiger partial charge in [-0.1, -0.05) is 35.5 Å². The van der Waals surface area contributed by atoms with Crippen LogP contribution in [-0.4, -0.2) is 35.8 Å². The zero-order chi connectivity index (χ0) is 24.5. The number of aromatic nitrogens is 3. The summed E-state index contributed by atoms with van der Waals surface area (Å²) >= 11 is 0. The maximum atomic E-state index is 12.4. The van der Waals surface area contributed by atoms with E-state index in [2.05, 4.69) is 34.5 Å². The number of sulfone groups is 1. The Morgan fingerprint density at radius 1 is 1.03 bits per heavy atom. The molecule has 0 fully saturated rings. The van der Waals surface area contributed by atoms with Crippen LogP contribution in [-0.2, 0) is 16.4 Å². The molecule has 0 aliphatic carbocycles. The Bertz CT molecular complexity index is 1430. The van der Waals surface area contributed by atoms with Crippen LogP contribution in [0.4, 0.5) is 0 Å². The zero-order valence-electron chi connectivity index (χ0n) is 20.0. The third-order valence-corrected chi connectivity index (χ3v) is 7.92. The molecule has 0 unspecified atom stereocenters. The monoisotopic (exact) mass is 478 g/mol. The number of aryl methyl sites for hydroxylation is 2. The maximum absolute atomic E-state index is 12.4. The van der Waals surface area contributed by atoms with Crippen molar-refractivity contribution in [1.29, 1.82) is 0 Å². The predicted molar refractivity (Wildman–Crippen MR) is 135 cm³/mol. The van der Waals surface area contributed by atoms with Crippen molar-refractivity contribution in [3.05, 3.63) is 71.5 Å². The molecule has 0 aliphatic rings. The minimum Gasteiger partial charge on any atom is -0.354 e. The highest BCUT2D eigenvalue weighted by Crippen LogP contribution is 2.30. The van der Waals surface area contributed by atoms with Crippen molar-refractivity contribution in [3.8, 4) is 34.0 Å². The number of benzene rings is 2. The first kappa shape index (κ1) is 23.8. The van der Waals surface area contributed by atoms with Crippen LogP contribution < -0.4 is 5.32 Å². The van der Waals surface area contributed by atoms with Crippen LogP contribution in [0.1, 0.15) is 32.1 Å². The fourth-order valence-corrected chi connectivity index (χ4v) is 4.81. The molecular formula is C26H30N4O3S. The Balaban J connectivity index is 0.00000342. The van der Waals surface area contributed by atoms with Crippen LogP contribution in [0.25, 0.3) is 34.0 Å². The molecule has 2 aromatic heterocycles. The second kappa shape index (κ2) is 9.48. The van der Waals surface area contributed by atoms with Crippen LogP contribution >= 0.6 is 0 Å². The lowest BCUT2D eigenvalue weighted by Gasteiger charge is -2.09. The predicted octanol–water partition coefficient (Wildman–Crippen LogP) is 5.23. The van der Waals surface area contributed by atoms with Crippen molar-refractivity contribution in [2.75, 3.05) is 7.05 Å². The Hall–Kier alpha value is -3.36. The number of rotatable bonds is 7. The van der Waals surface area contributed by atoms with Crippen LogP contribution in [0.2, 0.25) is 0 Å². The first-order chi connectivity index (χ1) is 16.2. The van der Waals surface area contributed by atoms with Crippen molar-refractivity contribution in [1.82, 2.24) is 20.4 Å². The lowest BCUT2D eigenvalue weighted by atomic mass is 10.0. The van der Waals surface area contributed by atoms with Gasteiger partial charge in [-0.15, -0.1) is 0 Å². The summed E-state index contributed by atoms with van der Waals surface area (Å²) in [7, 11) is -1.41. The van der Waals surface area contributed by atoms with Crippen molar-refractivity contribution in [2.45, 2.75) is 44.4 Å². The third-order valence-electron chi connectivity index (χ3n) is 5.75. The summed E-state index contributed by atoms with van der Waals surface area (Å²) in [5, 5.41) is 6.95. The van der Waals surface area contributed by atoms with Gasteiger partial charge in [0.25, 0.3) is 0 Å². The van der Waals surface area contributed by atoms with Crippen LogP contribution in [0.15, 0.2) is 64.1 Å². The van der Waals surface area contributed by atoms with E-state index in [9.17, 15) is 8.42 Å². The first-order valence-corrected chi connectivity index (χ1v) is 12.6. The maximum Gasteiger partial charge on any atom is 0.187 e. The van der Waals surface area contributed by atoms with Crippen molar-refractivity contribution >= 4 is 9.84 Å². The Morgan fingerprint density at radius 2 is 1.76 bits per heavy atom. The molecule has 2 heterocycles. The lowest BCUT2D eigenvalue weighted by Crippen LogP contribution is -2.13. The van der Waals surface area contributed by atoms with E-state index >= 15 is 0 Å². The normalized spacial score (nSPS) is 11.8. The van der Waals surface area contributed by atoms with Crippen LogP contribution in [0, 0.1) is 13.8 Å². The molecule has 178 valence electrons. The summed E-state index contributed by atoms with van der Waals surface area (Å²) in [5.41, 5.74) is 6.75. The average molecular weight is 479 g/mol. The van der Waals surface area contributed by atoms with Gasteiger partial charge in [-0.05, 0) is 58.0 Å². The second-order valence-electron chi connectivity index (χ2n) is 8.56. The van der Waals surface area contributed by atoms with Gasteiger partial charge in [0.1, 0.15) is 11.4 Å². The molecule has 0 saturated heterocycles. The summed E-state index contributed by atoms with van der Waals surface area (Å²) in [6, 6.07) is 14.8. The number of hydrogen-bond donors (Lipinski definition) is 1. The molecular weight excluding hydrogens is 448 g/mol. The molecule has 1 N–H and O–H groups in total. The van der Waals surface area contributed by atoms with E-state index in [-0.39, 0.29) is 1.43 Å². The quantitative estimate of drug-likeness (QED) is 0.388. The molecule has 7 nitrogen and oxygen atoms in total. The highest BCUT2D eigenvalue weighted by molar-refractivity contribution is 7.92. The van der Waals surface area contributed by atoms with Crippen molar-refractivity contribution < 1.29 is 14.4 Å². The third kappa shape index (κ3) is 4.64. The van der Waals surface area contributed by atoms with Gasteiger partial charge < -0.3 is 9.84 Å². The first-order valence-electron chi connectivity index (χ1n) is 11.1. The molecule has 0 saturated carbocycles. The minimum atomic E-state index is -3.33. The van der Waals surface area contributed by atoms with Gasteiger partial charge in [0, 0.05) is 25.2 Å².